The van der Waals surface area contributed by atoms with Gasteiger partial charge in [-0.2, -0.15) is 0 Å². The minimum Gasteiger partial charge on any atom is -0.351 e. The Morgan fingerprint density at radius 2 is 1.97 bits per heavy atom. The van der Waals surface area contributed by atoms with Crippen LogP contribution < -0.4 is 10.2 Å². The average Bonchev–Trinajstić information content (AvgIpc) is 3.47. The number of urea groups is 1. The molecular formula is C23H24N6OS2. The lowest BCUT2D eigenvalue weighted by Crippen LogP contribution is -2.50. The molecule has 1 N–H and O–H groups in total. The van der Waals surface area contributed by atoms with Crippen LogP contribution in [0.15, 0.2) is 48.1 Å². The molecule has 9 heteroatoms. The Labute approximate surface area is 194 Å². The van der Waals surface area contributed by atoms with Crippen molar-refractivity contribution < 1.29 is 4.79 Å². The smallest absolute Gasteiger partial charge is 0.321 e. The molecule has 164 valence electrons. The zero-order valence-corrected chi connectivity index (χ0v) is 19.5. The molecule has 2 amide bonds. The first-order valence-electron chi connectivity index (χ1n) is 10.7. The average molecular weight is 465 g/mol. The fourth-order valence-electron chi connectivity index (χ4n) is 3.86. The molecule has 1 aromatic carbocycles. The predicted molar refractivity (Wildman–Crippen MR) is 131 cm³/mol. The molecule has 7 nitrogen and oxygen atoms in total. The monoisotopic (exact) mass is 464 g/mol. The van der Waals surface area contributed by atoms with Crippen LogP contribution in [0, 0.1) is 6.92 Å². The normalized spacial score (nSPS) is 14.2. The largest absolute Gasteiger partial charge is 0.351 e. The van der Waals surface area contributed by atoms with Crippen molar-refractivity contribution in [2.45, 2.75) is 19.8 Å². The number of hydrogen-bond donors (Lipinski definition) is 1. The summed E-state index contributed by atoms with van der Waals surface area (Å²) in [4.78, 5) is 32.9. The van der Waals surface area contributed by atoms with E-state index in [1.165, 1.54) is 4.88 Å². The second-order valence-electron chi connectivity index (χ2n) is 7.81. The number of carbonyl (C=O) groups is 1. The Morgan fingerprint density at radius 3 is 2.75 bits per heavy atom. The molecular weight excluding hydrogens is 440 g/mol. The maximum Gasteiger partial charge on any atom is 0.321 e. The van der Waals surface area contributed by atoms with Gasteiger partial charge in [-0.1, -0.05) is 29.5 Å². The minimum absolute atomic E-state index is 0.0624. The number of amides is 2. The fraction of sp³-hybridized carbons (Fsp3) is 0.304. The number of hydrogen-bond acceptors (Lipinski definition) is 7. The molecule has 5 rings (SSSR count). The summed E-state index contributed by atoms with van der Waals surface area (Å²) in [7, 11) is 0. The van der Waals surface area contributed by atoms with Crippen molar-refractivity contribution in [3.05, 3.63) is 63.6 Å². The summed E-state index contributed by atoms with van der Waals surface area (Å²) in [5.41, 5.74) is 2.82. The third-order valence-electron chi connectivity index (χ3n) is 5.52. The highest BCUT2D eigenvalue weighted by atomic mass is 32.1. The molecule has 0 saturated carbocycles. The van der Waals surface area contributed by atoms with Crippen LogP contribution in [0.4, 0.5) is 16.3 Å². The number of anilines is 2. The van der Waals surface area contributed by atoms with E-state index in [-0.39, 0.29) is 6.03 Å². The Hall–Kier alpha value is -3.04. The number of nitrogens with zero attached hydrogens (tertiary/aromatic N) is 5. The van der Waals surface area contributed by atoms with E-state index in [4.69, 9.17) is 4.98 Å². The van der Waals surface area contributed by atoms with Gasteiger partial charge >= 0.3 is 6.03 Å². The molecule has 1 aliphatic rings. The first kappa shape index (κ1) is 20.8. The van der Waals surface area contributed by atoms with Crippen molar-refractivity contribution >= 4 is 50.6 Å². The van der Waals surface area contributed by atoms with Gasteiger partial charge in [-0.3, -0.25) is 0 Å². The molecule has 0 radical (unpaired) electrons. The maximum absolute atomic E-state index is 12.7. The van der Waals surface area contributed by atoms with Gasteiger partial charge in [0.25, 0.3) is 0 Å². The number of benzene rings is 1. The predicted octanol–water partition coefficient (Wildman–Crippen LogP) is 4.60. The van der Waals surface area contributed by atoms with Crippen molar-refractivity contribution in [2.75, 3.05) is 36.4 Å². The van der Waals surface area contributed by atoms with Crippen molar-refractivity contribution in [3.63, 3.8) is 0 Å². The molecule has 0 spiro atoms. The third kappa shape index (κ3) is 4.58. The Bertz CT molecular complexity index is 1210. The Balaban J connectivity index is 1.24. The van der Waals surface area contributed by atoms with Gasteiger partial charge in [-0.05, 0) is 42.5 Å². The first-order chi connectivity index (χ1) is 15.7. The molecule has 0 bridgehead atoms. The van der Waals surface area contributed by atoms with Gasteiger partial charge in [0, 0.05) is 43.2 Å². The molecule has 1 aliphatic heterocycles. The summed E-state index contributed by atoms with van der Waals surface area (Å²) < 4.78 is 0. The van der Waals surface area contributed by atoms with Crippen LogP contribution in [0.3, 0.4) is 0 Å². The van der Waals surface area contributed by atoms with Crippen LogP contribution in [0.2, 0.25) is 0 Å². The van der Waals surface area contributed by atoms with Crippen molar-refractivity contribution in [1.29, 1.82) is 0 Å². The second kappa shape index (κ2) is 9.22. The summed E-state index contributed by atoms with van der Waals surface area (Å²) in [6.07, 6.45) is 3.53. The zero-order valence-electron chi connectivity index (χ0n) is 17.8. The maximum atomic E-state index is 12.7. The lowest BCUT2D eigenvalue weighted by atomic mass is 10.2. The number of aryl methyl sites for hydroxylation is 3. The van der Waals surface area contributed by atoms with Crippen LogP contribution in [0.5, 0.6) is 0 Å². The van der Waals surface area contributed by atoms with E-state index in [2.05, 4.69) is 37.7 Å². The van der Waals surface area contributed by atoms with Crippen LogP contribution >= 0.6 is 22.7 Å². The Kier molecular flexibility index (Phi) is 6.00. The Morgan fingerprint density at radius 1 is 1.09 bits per heavy atom. The van der Waals surface area contributed by atoms with E-state index in [9.17, 15) is 4.79 Å². The van der Waals surface area contributed by atoms with E-state index in [1.54, 1.807) is 29.0 Å². The molecule has 3 aromatic heterocycles. The number of thiazole rings is 1. The van der Waals surface area contributed by atoms with Gasteiger partial charge in [0.15, 0.2) is 5.82 Å². The van der Waals surface area contributed by atoms with Crippen molar-refractivity contribution in [2.24, 2.45) is 0 Å². The third-order valence-corrected chi connectivity index (χ3v) is 7.48. The fourth-order valence-corrected chi connectivity index (χ4v) is 5.46. The van der Waals surface area contributed by atoms with Gasteiger partial charge in [0.05, 0.1) is 5.01 Å². The van der Waals surface area contributed by atoms with Gasteiger partial charge in [-0.15, -0.1) is 11.3 Å². The van der Waals surface area contributed by atoms with Crippen LogP contribution in [-0.4, -0.2) is 52.1 Å². The van der Waals surface area contributed by atoms with Crippen LogP contribution in [0.25, 0.3) is 10.3 Å². The number of rotatable bonds is 5. The first-order valence-corrected chi connectivity index (χ1v) is 12.4. The lowest BCUT2D eigenvalue weighted by molar-refractivity contribution is 0.208. The van der Waals surface area contributed by atoms with E-state index in [0.29, 0.717) is 13.1 Å². The molecule has 0 unspecified atom stereocenters. The zero-order chi connectivity index (χ0) is 21.9. The highest BCUT2D eigenvalue weighted by molar-refractivity contribution is 7.18. The van der Waals surface area contributed by atoms with E-state index < -0.39 is 0 Å². The van der Waals surface area contributed by atoms with Crippen molar-refractivity contribution in [1.82, 2.24) is 19.9 Å². The van der Waals surface area contributed by atoms with Gasteiger partial charge in [-0.25, -0.2) is 19.7 Å². The lowest BCUT2D eigenvalue weighted by Gasteiger charge is -2.35. The molecule has 4 aromatic rings. The number of aromatic nitrogens is 3. The summed E-state index contributed by atoms with van der Waals surface area (Å²) in [5, 5.41) is 6.20. The molecule has 0 aliphatic carbocycles. The summed E-state index contributed by atoms with van der Waals surface area (Å²) >= 11 is 3.43. The highest BCUT2D eigenvalue weighted by Crippen LogP contribution is 2.28. The molecule has 32 heavy (non-hydrogen) atoms. The number of carbonyl (C=O) groups excluding carboxylic acids is 1. The van der Waals surface area contributed by atoms with Crippen LogP contribution in [0.1, 0.15) is 15.4 Å². The van der Waals surface area contributed by atoms with Gasteiger partial charge < -0.3 is 15.1 Å². The summed E-state index contributed by atoms with van der Waals surface area (Å²) in [6.45, 7) is 4.73. The summed E-state index contributed by atoms with van der Waals surface area (Å²) in [5.74, 6) is 0.868. The summed E-state index contributed by atoms with van der Waals surface area (Å²) in [6, 6.07) is 12.0. The standard InChI is InChI=1S/C23H24N6OS2/c1-16-4-2-5-17(14-16)26-23(30)29-11-9-28(10-12-29)21-20-22(25-15-24-21)32-19(27-20)8-7-18-6-3-13-31-18/h2-6,13-15H,7-12H2,1H3,(H,26,30). The SMILES string of the molecule is Cc1cccc(NC(=O)N2CCN(c3ncnc4sc(CCc5cccs5)nc34)CC2)c1. The quantitative estimate of drug-likeness (QED) is 0.467. The number of thiophene rings is 1. The second-order valence-corrected chi connectivity index (χ2v) is 9.91. The van der Waals surface area contributed by atoms with E-state index in [1.807, 2.05) is 36.1 Å². The molecule has 0 atom stereocenters. The van der Waals surface area contributed by atoms with Gasteiger partial charge in [0.2, 0.25) is 0 Å². The minimum atomic E-state index is -0.0624. The molecule has 1 fully saturated rings. The number of nitrogens with one attached hydrogen (secondary N) is 1. The number of fused-ring (bicyclic) bond motifs is 1. The van der Waals surface area contributed by atoms with Crippen LogP contribution in [-0.2, 0) is 12.8 Å². The number of piperazine rings is 1. The molecule has 1 saturated heterocycles. The van der Waals surface area contributed by atoms with Gasteiger partial charge in [0.1, 0.15) is 16.7 Å². The van der Waals surface area contributed by atoms with E-state index in [0.717, 1.165) is 58.4 Å². The topological polar surface area (TPSA) is 74.2 Å². The molecule has 4 heterocycles. The van der Waals surface area contributed by atoms with E-state index >= 15 is 0 Å². The highest BCUT2D eigenvalue weighted by Gasteiger charge is 2.24. The van der Waals surface area contributed by atoms with Crippen molar-refractivity contribution in [3.8, 4) is 0 Å².